The summed E-state index contributed by atoms with van der Waals surface area (Å²) in [6.45, 7) is 3.10. The number of benzene rings is 2. The third kappa shape index (κ3) is 3.23. The van der Waals surface area contributed by atoms with Gasteiger partial charge >= 0.3 is 0 Å². The molecule has 2 aromatic rings. The molecule has 4 nitrogen and oxygen atoms in total. The standard InChI is InChI=1S/C20H22N2O2/c23-17-6-2-15(3-7-17)14-16-4-8-18(9-5-16)24-19-10-13-22-12-1-11-21-20(19)22/h2-9,19,23H,1,10-14H2. The summed E-state index contributed by atoms with van der Waals surface area (Å²) in [4.78, 5) is 7.00. The van der Waals surface area contributed by atoms with Crippen molar-refractivity contribution >= 4 is 5.84 Å². The van der Waals surface area contributed by atoms with Crippen LogP contribution in [0.15, 0.2) is 53.5 Å². The van der Waals surface area contributed by atoms with Gasteiger partial charge in [0.05, 0.1) is 0 Å². The second kappa shape index (κ2) is 6.56. The molecule has 0 amide bonds. The van der Waals surface area contributed by atoms with Gasteiger partial charge in [0, 0.05) is 26.1 Å². The third-order valence-corrected chi connectivity index (χ3v) is 4.68. The molecule has 0 radical (unpaired) electrons. The van der Waals surface area contributed by atoms with Gasteiger partial charge in [0.1, 0.15) is 17.3 Å². The number of ether oxygens (including phenoxy) is 1. The molecule has 1 unspecified atom stereocenters. The van der Waals surface area contributed by atoms with Crippen LogP contribution in [0.5, 0.6) is 11.5 Å². The first-order valence-electron chi connectivity index (χ1n) is 8.61. The Kier molecular flexibility index (Phi) is 4.11. The number of phenols is 1. The molecule has 4 heteroatoms. The Hall–Kier alpha value is -2.49. The van der Waals surface area contributed by atoms with Gasteiger partial charge in [0.2, 0.25) is 0 Å². The predicted molar refractivity (Wildman–Crippen MR) is 94.9 cm³/mol. The quantitative estimate of drug-likeness (QED) is 0.940. The molecule has 1 atom stereocenters. The maximum absolute atomic E-state index is 9.35. The molecule has 4 rings (SSSR count). The fourth-order valence-electron chi connectivity index (χ4n) is 3.41. The van der Waals surface area contributed by atoms with Crippen molar-refractivity contribution in [1.82, 2.24) is 4.90 Å². The zero-order valence-corrected chi connectivity index (χ0v) is 13.7. The van der Waals surface area contributed by atoms with Gasteiger partial charge in [0.25, 0.3) is 0 Å². The summed E-state index contributed by atoms with van der Waals surface area (Å²) < 4.78 is 6.16. The zero-order valence-electron chi connectivity index (χ0n) is 13.7. The minimum Gasteiger partial charge on any atom is -0.508 e. The van der Waals surface area contributed by atoms with Crippen molar-refractivity contribution in [3.05, 3.63) is 59.7 Å². The van der Waals surface area contributed by atoms with Gasteiger partial charge in [0.15, 0.2) is 6.10 Å². The highest BCUT2D eigenvalue weighted by Crippen LogP contribution is 2.23. The minimum absolute atomic E-state index is 0.105. The molecule has 2 heterocycles. The number of fused-ring (bicyclic) bond motifs is 1. The van der Waals surface area contributed by atoms with Crippen LogP contribution in [0.1, 0.15) is 24.0 Å². The second-order valence-electron chi connectivity index (χ2n) is 6.46. The van der Waals surface area contributed by atoms with E-state index in [1.807, 2.05) is 24.3 Å². The van der Waals surface area contributed by atoms with E-state index in [0.29, 0.717) is 5.75 Å². The number of phenolic OH excluding ortho intramolecular Hbond substituents is 1. The summed E-state index contributed by atoms with van der Waals surface area (Å²) in [6.07, 6.45) is 3.13. The van der Waals surface area contributed by atoms with Gasteiger partial charge in [-0.25, -0.2) is 0 Å². The Labute approximate surface area is 142 Å². The highest BCUT2D eigenvalue weighted by Gasteiger charge is 2.32. The van der Waals surface area contributed by atoms with Gasteiger partial charge in [-0.1, -0.05) is 24.3 Å². The van der Waals surface area contributed by atoms with E-state index in [4.69, 9.17) is 4.74 Å². The Morgan fingerprint density at radius 2 is 1.71 bits per heavy atom. The summed E-state index contributed by atoms with van der Waals surface area (Å²) in [7, 11) is 0. The lowest BCUT2D eigenvalue weighted by atomic mass is 10.0. The van der Waals surface area contributed by atoms with Crippen LogP contribution in [0.25, 0.3) is 0 Å². The molecule has 2 aliphatic heterocycles. The molecule has 0 bridgehead atoms. The van der Waals surface area contributed by atoms with Crippen LogP contribution in [0.4, 0.5) is 0 Å². The van der Waals surface area contributed by atoms with Crippen LogP contribution in [-0.2, 0) is 6.42 Å². The lowest BCUT2D eigenvalue weighted by Crippen LogP contribution is -2.36. The van der Waals surface area contributed by atoms with E-state index < -0.39 is 0 Å². The van der Waals surface area contributed by atoms with Crippen molar-refractivity contribution in [1.29, 1.82) is 0 Å². The monoisotopic (exact) mass is 322 g/mol. The highest BCUT2D eigenvalue weighted by atomic mass is 16.5. The van der Waals surface area contributed by atoms with Gasteiger partial charge in [-0.2, -0.15) is 0 Å². The minimum atomic E-state index is 0.105. The molecular weight excluding hydrogens is 300 g/mol. The van der Waals surface area contributed by atoms with Crippen molar-refractivity contribution in [3.63, 3.8) is 0 Å². The van der Waals surface area contributed by atoms with Gasteiger partial charge in [-0.3, -0.25) is 4.99 Å². The number of amidine groups is 1. The molecule has 24 heavy (non-hydrogen) atoms. The zero-order chi connectivity index (χ0) is 16.4. The van der Waals surface area contributed by atoms with E-state index >= 15 is 0 Å². The van der Waals surface area contributed by atoms with Crippen LogP contribution in [0, 0.1) is 0 Å². The largest absolute Gasteiger partial charge is 0.508 e. The molecule has 124 valence electrons. The van der Waals surface area contributed by atoms with Crippen molar-refractivity contribution in [2.75, 3.05) is 19.6 Å². The van der Waals surface area contributed by atoms with E-state index in [-0.39, 0.29) is 6.10 Å². The molecule has 0 aromatic heterocycles. The highest BCUT2D eigenvalue weighted by molar-refractivity contribution is 5.89. The Bertz CT molecular complexity index is 722. The second-order valence-corrected chi connectivity index (χ2v) is 6.46. The number of nitrogens with zero attached hydrogens (tertiary/aromatic N) is 2. The van der Waals surface area contributed by atoms with Crippen molar-refractivity contribution in [3.8, 4) is 11.5 Å². The van der Waals surface area contributed by atoms with Crippen LogP contribution >= 0.6 is 0 Å². The summed E-state index contributed by atoms with van der Waals surface area (Å²) >= 11 is 0. The average Bonchev–Trinajstić information content (AvgIpc) is 3.02. The number of rotatable bonds is 4. The van der Waals surface area contributed by atoms with Gasteiger partial charge < -0.3 is 14.7 Å². The van der Waals surface area contributed by atoms with Crippen LogP contribution in [0.2, 0.25) is 0 Å². The average molecular weight is 322 g/mol. The van der Waals surface area contributed by atoms with E-state index in [1.54, 1.807) is 12.1 Å². The molecule has 0 aliphatic carbocycles. The van der Waals surface area contributed by atoms with E-state index in [2.05, 4.69) is 22.0 Å². The third-order valence-electron chi connectivity index (χ3n) is 4.68. The number of aromatic hydroxyl groups is 1. The SMILES string of the molecule is Oc1ccc(Cc2ccc(OC3CCN4CCCN=C34)cc2)cc1. The fourth-order valence-corrected chi connectivity index (χ4v) is 3.41. The molecule has 1 fully saturated rings. The molecule has 1 saturated heterocycles. The summed E-state index contributed by atoms with van der Waals surface area (Å²) in [5.41, 5.74) is 2.42. The summed E-state index contributed by atoms with van der Waals surface area (Å²) in [5, 5.41) is 9.35. The molecule has 2 aromatic carbocycles. The molecule has 2 aliphatic rings. The number of aliphatic imine (C=N–C) groups is 1. The van der Waals surface area contributed by atoms with Crippen LogP contribution < -0.4 is 4.74 Å². The Morgan fingerprint density at radius 3 is 2.46 bits per heavy atom. The van der Waals surface area contributed by atoms with E-state index in [0.717, 1.165) is 50.5 Å². The van der Waals surface area contributed by atoms with Crippen molar-refractivity contribution < 1.29 is 9.84 Å². The van der Waals surface area contributed by atoms with Crippen molar-refractivity contribution in [2.24, 2.45) is 4.99 Å². The smallest absolute Gasteiger partial charge is 0.157 e. The van der Waals surface area contributed by atoms with E-state index in [9.17, 15) is 5.11 Å². The number of hydrogen-bond donors (Lipinski definition) is 1. The first-order valence-corrected chi connectivity index (χ1v) is 8.61. The molecule has 0 saturated carbocycles. The lowest BCUT2D eigenvalue weighted by molar-refractivity contribution is 0.270. The van der Waals surface area contributed by atoms with Crippen LogP contribution in [-0.4, -0.2) is 41.6 Å². The molecule has 1 N–H and O–H groups in total. The molecule has 0 spiro atoms. The number of hydrogen-bond acceptors (Lipinski definition) is 4. The van der Waals surface area contributed by atoms with Gasteiger partial charge in [-0.15, -0.1) is 0 Å². The maximum atomic E-state index is 9.35. The van der Waals surface area contributed by atoms with Gasteiger partial charge in [-0.05, 0) is 48.2 Å². The molecular formula is C20H22N2O2. The Morgan fingerprint density at radius 1 is 1.00 bits per heavy atom. The Balaban J connectivity index is 1.40. The first kappa shape index (κ1) is 15.1. The van der Waals surface area contributed by atoms with Crippen LogP contribution in [0.3, 0.4) is 0 Å². The topological polar surface area (TPSA) is 45.1 Å². The summed E-state index contributed by atoms with van der Waals surface area (Å²) in [5.74, 6) is 2.35. The maximum Gasteiger partial charge on any atom is 0.157 e. The fraction of sp³-hybridized carbons (Fsp3) is 0.350. The lowest BCUT2D eigenvalue weighted by Gasteiger charge is -2.24. The van der Waals surface area contributed by atoms with E-state index in [1.165, 1.54) is 11.1 Å². The van der Waals surface area contributed by atoms with Crippen molar-refractivity contribution in [2.45, 2.75) is 25.4 Å². The summed E-state index contributed by atoms with van der Waals surface area (Å²) in [6, 6.07) is 15.7. The normalized spacial score (nSPS) is 19.8. The predicted octanol–water partition coefficient (Wildman–Crippen LogP) is 3.24. The first-order chi connectivity index (χ1) is 11.8.